The van der Waals surface area contributed by atoms with Gasteiger partial charge in [0, 0.05) is 13.6 Å². The summed E-state index contributed by atoms with van der Waals surface area (Å²) in [5.74, 6) is 0.323. The molecule has 7 nitrogen and oxygen atoms in total. The van der Waals surface area contributed by atoms with Crippen molar-refractivity contribution in [2.75, 3.05) is 13.6 Å². The number of aliphatic hydroxyl groups is 2. The van der Waals surface area contributed by atoms with E-state index in [0.717, 1.165) is 0 Å². The Morgan fingerprint density at radius 1 is 1.56 bits per heavy atom. The van der Waals surface area contributed by atoms with Crippen molar-refractivity contribution in [1.82, 2.24) is 5.32 Å². The van der Waals surface area contributed by atoms with Crippen LogP contribution in [0, 0.1) is 6.92 Å². The Labute approximate surface area is 105 Å². The number of rotatable bonds is 5. The summed E-state index contributed by atoms with van der Waals surface area (Å²) in [7, 11) is 1.50. The topological polar surface area (TPSA) is 135 Å². The Morgan fingerprint density at radius 3 is 2.67 bits per heavy atom. The summed E-state index contributed by atoms with van der Waals surface area (Å²) in [5, 5.41) is 21.6. The van der Waals surface area contributed by atoms with Crippen LogP contribution in [0.25, 0.3) is 0 Å². The van der Waals surface area contributed by atoms with E-state index < -0.39 is 18.2 Å². The Morgan fingerprint density at radius 2 is 2.17 bits per heavy atom. The zero-order valence-electron chi connectivity index (χ0n) is 10.4. The second kappa shape index (κ2) is 5.96. The fraction of sp³-hybridized carbons (Fsp3) is 0.545. The molecular formula is C11H19N3O4. The molecule has 0 saturated heterocycles. The summed E-state index contributed by atoms with van der Waals surface area (Å²) in [6.07, 6.45) is -2.40. The first-order chi connectivity index (χ1) is 8.42. The highest BCUT2D eigenvalue weighted by Gasteiger charge is 2.27. The second-order valence-corrected chi connectivity index (χ2v) is 4.02. The summed E-state index contributed by atoms with van der Waals surface area (Å²) >= 11 is 0. The molecule has 18 heavy (non-hydrogen) atoms. The van der Waals surface area contributed by atoms with Gasteiger partial charge in [-0.2, -0.15) is 0 Å². The molecule has 7 N–H and O–H groups in total. The molecule has 1 amide bonds. The highest BCUT2D eigenvalue weighted by molar-refractivity contribution is 5.95. The smallest absolute Gasteiger partial charge is 0.254 e. The lowest BCUT2D eigenvalue weighted by Gasteiger charge is -2.20. The maximum Gasteiger partial charge on any atom is 0.254 e. The number of furan rings is 1. The van der Waals surface area contributed by atoms with Crippen LogP contribution in [0.1, 0.15) is 27.9 Å². The van der Waals surface area contributed by atoms with Gasteiger partial charge in [-0.1, -0.05) is 0 Å². The largest absolute Gasteiger partial charge is 0.464 e. The molecular weight excluding hydrogens is 238 g/mol. The fourth-order valence-corrected chi connectivity index (χ4v) is 1.58. The lowest BCUT2D eigenvalue weighted by molar-refractivity contribution is 0.00491. The maximum absolute atomic E-state index is 11.5. The monoisotopic (exact) mass is 257 g/mol. The third-order valence-electron chi connectivity index (χ3n) is 2.74. The molecule has 3 atom stereocenters. The summed E-state index contributed by atoms with van der Waals surface area (Å²) in [6, 6.07) is 0.506. The summed E-state index contributed by atoms with van der Waals surface area (Å²) < 4.78 is 5.32. The zero-order chi connectivity index (χ0) is 13.9. The van der Waals surface area contributed by atoms with Crippen molar-refractivity contribution in [2.24, 2.45) is 11.5 Å². The Bertz CT molecular complexity index is 418. The first-order valence-electron chi connectivity index (χ1n) is 5.56. The van der Waals surface area contributed by atoms with Gasteiger partial charge in [0.05, 0.1) is 17.7 Å². The molecule has 0 aliphatic rings. The van der Waals surface area contributed by atoms with Gasteiger partial charge in [-0.15, -0.1) is 0 Å². The van der Waals surface area contributed by atoms with Crippen molar-refractivity contribution in [3.63, 3.8) is 0 Å². The van der Waals surface area contributed by atoms with E-state index in [0.29, 0.717) is 11.3 Å². The van der Waals surface area contributed by atoms with E-state index in [1.165, 1.54) is 13.1 Å². The number of hydrogen-bond donors (Lipinski definition) is 5. The lowest BCUT2D eigenvalue weighted by atomic mass is 10.0. The molecule has 1 heterocycles. The van der Waals surface area contributed by atoms with E-state index in [9.17, 15) is 15.0 Å². The van der Waals surface area contributed by atoms with Crippen LogP contribution in [0.2, 0.25) is 0 Å². The minimum absolute atomic E-state index is 0.114. The summed E-state index contributed by atoms with van der Waals surface area (Å²) in [6.45, 7) is 1.50. The molecule has 0 fully saturated rings. The second-order valence-electron chi connectivity index (χ2n) is 4.02. The van der Waals surface area contributed by atoms with E-state index in [-0.39, 0.29) is 18.2 Å². The van der Waals surface area contributed by atoms with Gasteiger partial charge in [0.25, 0.3) is 5.91 Å². The SMILES string of the molecule is CNC(=O)c1cc([C@H](N)[C@H](O)[C@H](O)CN)oc1C. The van der Waals surface area contributed by atoms with Gasteiger partial charge in [0.2, 0.25) is 0 Å². The van der Waals surface area contributed by atoms with Gasteiger partial charge in [-0.05, 0) is 13.0 Å². The van der Waals surface area contributed by atoms with Gasteiger partial charge in [0.1, 0.15) is 17.6 Å². The molecule has 0 bridgehead atoms. The molecule has 0 radical (unpaired) electrons. The van der Waals surface area contributed by atoms with Crippen molar-refractivity contribution in [3.05, 3.63) is 23.2 Å². The van der Waals surface area contributed by atoms with Crippen LogP contribution in [0.4, 0.5) is 0 Å². The molecule has 0 aromatic carbocycles. The first kappa shape index (κ1) is 14.7. The highest BCUT2D eigenvalue weighted by atomic mass is 16.4. The maximum atomic E-state index is 11.5. The van der Waals surface area contributed by atoms with Gasteiger partial charge < -0.3 is 31.4 Å². The summed E-state index contributed by atoms with van der Waals surface area (Å²) in [5.41, 5.74) is 11.3. The number of carbonyl (C=O) groups is 1. The van der Waals surface area contributed by atoms with Gasteiger partial charge in [0.15, 0.2) is 0 Å². The van der Waals surface area contributed by atoms with Gasteiger partial charge in [-0.3, -0.25) is 4.79 Å². The van der Waals surface area contributed by atoms with E-state index in [2.05, 4.69) is 5.32 Å². The number of aryl methyl sites for hydroxylation is 1. The van der Waals surface area contributed by atoms with E-state index in [1.54, 1.807) is 6.92 Å². The minimum Gasteiger partial charge on any atom is -0.464 e. The third kappa shape index (κ3) is 2.88. The Hall–Kier alpha value is -1.41. The fourth-order valence-electron chi connectivity index (χ4n) is 1.58. The predicted octanol–water partition coefficient (Wildman–Crippen LogP) is -1.37. The van der Waals surface area contributed by atoms with Crippen LogP contribution in [0.3, 0.4) is 0 Å². The van der Waals surface area contributed by atoms with Gasteiger partial charge >= 0.3 is 0 Å². The molecule has 1 aromatic rings. The van der Waals surface area contributed by atoms with Crippen molar-refractivity contribution in [3.8, 4) is 0 Å². The highest BCUT2D eigenvalue weighted by Crippen LogP contribution is 2.22. The van der Waals surface area contributed by atoms with Crippen molar-refractivity contribution < 1.29 is 19.4 Å². The number of aliphatic hydroxyl groups excluding tert-OH is 2. The molecule has 1 rings (SSSR count). The number of amides is 1. The Balaban J connectivity index is 2.94. The van der Waals surface area contributed by atoms with E-state index >= 15 is 0 Å². The lowest BCUT2D eigenvalue weighted by Crippen LogP contribution is -2.40. The molecule has 0 saturated carbocycles. The number of nitrogens with one attached hydrogen (secondary N) is 1. The number of nitrogens with two attached hydrogens (primary N) is 2. The van der Waals surface area contributed by atoms with Crippen LogP contribution in [0.15, 0.2) is 10.5 Å². The zero-order valence-corrected chi connectivity index (χ0v) is 10.4. The molecule has 0 aliphatic carbocycles. The average Bonchev–Trinajstić information content (AvgIpc) is 2.77. The molecule has 7 heteroatoms. The molecule has 0 spiro atoms. The molecule has 0 unspecified atom stereocenters. The Kier molecular flexibility index (Phi) is 4.85. The van der Waals surface area contributed by atoms with E-state index in [1.807, 2.05) is 0 Å². The van der Waals surface area contributed by atoms with Crippen LogP contribution in [-0.4, -0.2) is 41.9 Å². The van der Waals surface area contributed by atoms with Crippen molar-refractivity contribution in [1.29, 1.82) is 0 Å². The van der Waals surface area contributed by atoms with Gasteiger partial charge in [-0.25, -0.2) is 0 Å². The average molecular weight is 257 g/mol. The van der Waals surface area contributed by atoms with Crippen LogP contribution < -0.4 is 16.8 Å². The summed E-state index contributed by atoms with van der Waals surface area (Å²) in [4.78, 5) is 11.5. The molecule has 1 aromatic heterocycles. The third-order valence-corrected chi connectivity index (χ3v) is 2.74. The van der Waals surface area contributed by atoms with Crippen molar-refractivity contribution >= 4 is 5.91 Å². The quantitative estimate of drug-likeness (QED) is 0.441. The predicted molar refractivity (Wildman–Crippen MR) is 64.8 cm³/mol. The minimum atomic E-state index is -1.25. The normalized spacial score (nSPS) is 16.1. The van der Waals surface area contributed by atoms with Crippen LogP contribution >= 0.6 is 0 Å². The molecule has 0 aliphatic heterocycles. The molecule has 102 valence electrons. The first-order valence-corrected chi connectivity index (χ1v) is 5.56. The standard InChI is InChI=1S/C11H19N3O4/c1-5-6(11(17)14-2)3-8(18-5)9(13)10(16)7(15)4-12/h3,7,9-10,15-16H,4,12-13H2,1-2H3,(H,14,17)/t7-,9+,10-/m1/s1. The van der Waals surface area contributed by atoms with Crippen LogP contribution in [0.5, 0.6) is 0 Å². The number of carbonyl (C=O) groups excluding carboxylic acids is 1. The van der Waals surface area contributed by atoms with Crippen molar-refractivity contribution in [2.45, 2.75) is 25.2 Å². The number of hydrogen-bond acceptors (Lipinski definition) is 6. The van der Waals surface area contributed by atoms with E-state index in [4.69, 9.17) is 15.9 Å². The van der Waals surface area contributed by atoms with Crippen LogP contribution in [-0.2, 0) is 0 Å².